The van der Waals surface area contributed by atoms with E-state index >= 15 is 0 Å². The molecular formula is C9H7BrF2N2O. The van der Waals surface area contributed by atoms with E-state index in [1.165, 1.54) is 7.11 Å². The Hall–Kier alpha value is -1.22. The second kappa shape index (κ2) is 5.03. The third-order valence-corrected chi connectivity index (χ3v) is 2.43. The van der Waals surface area contributed by atoms with Crippen LogP contribution in [-0.4, -0.2) is 12.1 Å². The van der Waals surface area contributed by atoms with E-state index in [2.05, 4.69) is 20.9 Å². The Bertz CT molecular complexity index is 404. The van der Waals surface area contributed by atoms with Crippen LogP contribution in [0.25, 0.3) is 0 Å². The molecule has 0 saturated carbocycles. The summed E-state index contributed by atoms with van der Waals surface area (Å²) in [7, 11) is 1.28. The molecule has 1 aromatic heterocycles. The third-order valence-electron chi connectivity index (χ3n) is 1.86. The van der Waals surface area contributed by atoms with E-state index in [1.807, 2.05) is 0 Å². The number of nitrogens with zero attached hydrogens (tertiary/aromatic N) is 2. The van der Waals surface area contributed by atoms with Crippen LogP contribution in [0, 0.1) is 11.3 Å². The second-order valence-electron chi connectivity index (χ2n) is 2.61. The lowest BCUT2D eigenvalue weighted by Gasteiger charge is -2.11. The molecule has 1 heterocycles. The summed E-state index contributed by atoms with van der Waals surface area (Å²) in [4.78, 5) is 3.73. The van der Waals surface area contributed by atoms with Crippen LogP contribution in [0.15, 0.2) is 6.20 Å². The molecule has 0 N–H and O–H groups in total. The minimum atomic E-state index is -2.69. The van der Waals surface area contributed by atoms with Crippen molar-refractivity contribution in [2.75, 3.05) is 7.11 Å². The van der Waals surface area contributed by atoms with Crippen molar-refractivity contribution < 1.29 is 13.5 Å². The summed E-state index contributed by atoms with van der Waals surface area (Å²) >= 11 is 3.05. The van der Waals surface area contributed by atoms with Crippen molar-refractivity contribution in [3.05, 3.63) is 23.0 Å². The molecule has 1 aromatic rings. The quantitative estimate of drug-likeness (QED) is 0.798. The number of ether oxygens (including phenoxy) is 1. The number of aromatic nitrogens is 1. The number of alkyl halides is 3. The smallest absolute Gasteiger partial charge is 0.267 e. The predicted octanol–water partition coefficient (Wildman–Crippen LogP) is 2.79. The van der Waals surface area contributed by atoms with Crippen molar-refractivity contribution in [3.8, 4) is 11.8 Å². The summed E-state index contributed by atoms with van der Waals surface area (Å²) in [6.45, 7) is 0. The average Bonchev–Trinajstić information content (AvgIpc) is 2.26. The van der Waals surface area contributed by atoms with Crippen molar-refractivity contribution >= 4 is 15.9 Å². The molecule has 15 heavy (non-hydrogen) atoms. The minimum absolute atomic E-state index is 0.00144. The van der Waals surface area contributed by atoms with Gasteiger partial charge in [0, 0.05) is 10.9 Å². The number of hydrogen-bond acceptors (Lipinski definition) is 3. The minimum Gasteiger partial charge on any atom is -0.495 e. The summed E-state index contributed by atoms with van der Waals surface area (Å²) in [6.07, 6.45) is -1.56. The zero-order valence-corrected chi connectivity index (χ0v) is 9.38. The van der Waals surface area contributed by atoms with Gasteiger partial charge >= 0.3 is 0 Å². The Balaban J connectivity index is 3.46. The molecule has 0 aromatic carbocycles. The maximum atomic E-state index is 12.7. The molecule has 6 heteroatoms. The number of rotatable bonds is 3. The summed E-state index contributed by atoms with van der Waals surface area (Å²) in [6, 6.07) is 1.76. The molecule has 0 aliphatic rings. The molecule has 0 unspecified atom stereocenters. The maximum absolute atomic E-state index is 12.7. The fourth-order valence-electron chi connectivity index (χ4n) is 1.18. The van der Waals surface area contributed by atoms with Crippen molar-refractivity contribution in [1.82, 2.24) is 4.98 Å². The highest BCUT2D eigenvalue weighted by molar-refractivity contribution is 9.08. The fourth-order valence-corrected chi connectivity index (χ4v) is 1.75. The Morgan fingerprint density at radius 3 is 2.73 bits per heavy atom. The van der Waals surface area contributed by atoms with Gasteiger partial charge in [0.25, 0.3) is 6.43 Å². The van der Waals surface area contributed by atoms with Crippen LogP contribution >= 0.6 is 15.9 Å². The SMILES string of the molecule is COc1cnc(C#N)c(CBr)c1C(F)F. The van der Waals surface area contributed by atoms with Crippen LogP contribution in [0.5, 0.6) is 5.75 Å². The number of pyridine rings is 1. The molecule has 0 saturated heterocycles. The predicted molar refractivity (Wildman–Crippen MR) is 53.1 cm³/mol. The Labute approximate surface area is 93.8 Å². The van der Waals surface area contributed by atoms with E-state index in [-0.39, 0.29) is 27.9 Å². The lowest BCUT2D eigenvalue weighted by Crippen LogP contribution is -2.02. The van der Waals surface area contributed by atoms with Crippen LogP contribution in [0.2, 0.25) is 0 Å². The molecule has 0 atom stereocenters. The fraction of sp³-hybridized carbons (Fsp3) is 0.333. The van der Waals surface area contributed by atoms with Crippen LogP contribution in [0.4, 0.5) is 8.78 Å². The first-order chi connectivity index (χ1) is 7.15. The number of halogens is 3. The number of hydrogen-bond donors (Lipinski definition) is 0. The van der Waals surface area contributed by atoms with Crippen LogP contribution in [0.1, 0.15) is 23.2 Å². The average molecular weight is 277 g/mol. The Kier molecular flexibility index (Phi) is 3.97. The van der Waals surface area contributed by atoms with Gasteiger partial charge in [-0.05, 0) is 0 Å². The Morgan fingerprint density at radius 2 is 2.33 bits per heavy atom. The van der Waals surface area contributed by atoms with Gasteiger partial charge in [0.05, 0.1) is 18.9 Å². The highest BCUT2D eigenvalue weighted by atomic mass is 79.9. The van der Waals surface area contributed by atoms with E-state index < -0.39 is 6.43 Å². The Morgan fingerprint density at radius 1 is 1.67 bits per heavy atom. The monoisotopic (exact) mass is 276 g/mol. The first-order valence-electron chi connectivity index (χ1n) is 3.95. The van der Waals surface area contributed by atoms with Crippen LogP contribution in [0.3, 0.4) is 0 Å². The highest BCUT2D eigenvalue weighted by Gasteiger charge is 2.21. The lowest BCUT2D eigenvalue weighted by atomic mass is 10.1. The topological polar surface area (TPSA) is 45.9 Å². The van der Waals surface area contributed by atoms with Gasteiger partial charge in [0.1, 0.15) is 17.5 Å². The molecule has 80 valence electrons. The van der Waals surface area contributed by atoms with E-state index in [4.69, 9.17) is 10.00 Å². The van der Waals surface area contributed by atoms with Gasteiger partial charge in [0.15, 0.2) is 0 Å². The van der Waals surface area contributed by atoms with Gasteiger partial charge < -0.3 is 4.74 Å². The van der Waals surface area contributed by atoms with Crippen molar-refractivity contribution in [3.63, 3.8) is 0 Å². The largest absolute Gasteiger partial charge is 0.495 e. The maximum Gasteiger partial charge on any atom is 0.267 e. The normalized spacial score (nSPS) is 10.1. The van der Waals surface area contributed by atoms with Gasteiger partial charge in [-0.15, -0.1) is 0 Å². The third kappa shape index (κ3) is 2.23. The van der Waals surface area contributed by atoms with Gasteiger partial charge in [-0.1, -0.05) is 15.9 Å². The molecule has 0 bridgehead atoms. The van der Waals surface area contributed by atoms with Crippen LogP contribution < -0.4 is 4.74 Å². The molecule has 0 spiro atoms. The van der Waals surface area contributed by atoms with Gasteiger partial charge in [-0.3, -0.25) is 0 Å². The summed E-state index contributed by atoms with van der Waals surface area (Å²) in [5, 5.41) is 8.84. The molecule has 3 nitrogen and oxygen atoms in total. The molecule has 0 fully saturated rings. The van der Waals surface area contributed by atoms with Crippen molar-refractivity contribution in [2.45, 2.75) is 11.8 Å². The molecule has 0 amide bonds. The van der Waals surface area contributed by atoms with Gasteiger partial charge in [-0.25, -0.2) is 13.8 Å². The molecule has 0 aliphatic carbocycles. The van der Waals surface area contributed by atoms with Crippen molar-refractivity contribution in [2.24, 2.45) is 0 Å². The van der Waals surface area contributed by atoms with Crippen molar-refractivity contribution in [1.29, 1.82) is 5.26 Å². The zero-order valence-electron chi connectivity index (χ0n) is 7.80. The molecule has 0 radical (unpaired) electrons. The van der Waals surface area contributed by atoms with E-state index in [0.29, 0.717) is 0 Å². The second-order valence-corrected chi connectivity index (χ2v) is 3.17. The molecular weight excluding hydrogens is 270 g/mol. The van der Waals surface area contributed by atoms with E-state index in [1.54, 1.807) is 6.07 Å². The summed E-state index contributed by atoms with van der Waals surface area (Å²) < 4.78 is 30.3. The van der Waals surface area contributed by atoms with E-state index in [0.717, 1.165) is 6.20 Å². The first kappa shape index (κ1) is 11.9. The number of nitriles is 1. The van der Waals surface area contributed by atoms with Gasteiger partial charge in [-0.2, -0.15) is 5.26 Å². The lowest BCUT2D eigenvalue weighted by molar-refractivity contribution is 0.146. The zero-order chi connectivity index (χ0) is 11.4. The van der Waals surface area contributed by atoms with Gasteiger partial charge in [0.2, 0.25) is 0 Å². The highest BCUT2D eigenvalue weighted by Crippen LogP contribution is 2.33. The first-order valence-corrected chi connectivity index (χ1v) is 5.07. The number of methoxy groups -OCH3 is 1. The van der Waals surface area contributed by atoms with Crippen LogP contribution in [-0.2, 0) is 5.33 Å². The summed E-state index contributed by atoms with van der Waals surface area (Å²) in [5.74, 6) is -0.00144. The molecule has 1 rings (SSSR count). The van der Waals surface area contributed by atoms with E-state index in [9.17, 15) is 8.78 Å². The molecule has 0 aliphatic heterocycles. The summed E-state index contributed by atoms with van der Waals surface area (Å²) in [5.41, 5.74) is -0.115. The standard InChI is InChI=1S/C9H7BrF2N2O/c1-15-7-4-14-6(3-13)5(2-10)8(7)9(11)12/h4,9H,2H2,1H3.